The molecular weight excluding hydrogens is 247 g/mol. The lowest BCUT2D eigenvalue weighted by Crippen LogP contribution is -2.21. The highest BCUT2D eigenvalue weighted by atomic mass is 35.5. The molecule has 0 radical (unpaired) electrons. The molecule has 0 aliphatic carbocycles. The number of nitrogens with one attached hydrogen (secondary N) is 1. The van der Waals surface area contributed by atoms with Crippen molar-refractivity contribution in [3.05, 3.63) is 29.8 Å². The summed E-state index contributed by atoms with van der Waals surface area (Å²) in [5.74, 6) is 0. The molecule has 0 saturated carbocycles. The van der Waals surface area contributed by atoms with Crippen LogP contribution in [0.25, 0.3) is 0 Å². The van der Waals surface area contributed by atoms with Crippen molar-refractivity contribution in [3.63, 3.8) is 0 Å². The third-order valence-electron chi connectivity index (χ3n) is 1.48. The summed E-state index contributed by atoms with van der Waals surface area (Å²) in [6.07, 6.45) is 0. The van der Waals surface area contributed by atoms with Gasteiger partial charge >= 0.3 is 10.2 Å². The Morgan fingerprint density at radius 2 is 1.71 bits per heavy atom. The monoisotopic (exact) mass is 254 g/mol. The molecule has 0 fully saturated rings. The molecule has 0 aliphatic rings. The molecule has 0 bridgehead atoms. The largest absolute Gasteiger partial charge is 0.329 e. The molecular formula is C7H8Cl2N2O2S. The zero-order valence-electron chi connectivity index (χ0n) is 7.24. The average molecular weight is 255 g/mol. The predicted octanol–water partition coefficient (Wildman–Crippen LogP) is 2.26. The van der Waals surface area contributed by atoms with E-state index in [4.69, 9.17) is 23.6 Å². The Morgan fingerprint density at radius 1 is 1.21 bits per heavy atom. The minimum absolute atomic E-state index is 0.0762. The number of rotatable bonds is 3. The standard InChI is InChI=1S/C7H8Cl2N2O2S/c1-6-2-4-7(5-3-6)10-14(12,13)11(8)9/h2-5,10H,1H3. The lowest BCUT2D eigenvalue weighted by Gasteiger charge is -2.08. The highest BCUT2D eigenvalue weighted by Crippen LogP contribution is 2.15. The lowest BCUT2D eigenvalue weighted by atomic mass is 10.2. The van der Waals surface area contributed by atoms with Crippen LogP contribution in [-0.4, -0.2) is 11.8 Å². The smallest absolute Gasteiger partial charge is 0.269 e. The summed E-state index contributed by atoms with van der Waals surface area (Å²) >= 11 is 10.2. The van der Waals surface area contributed by atoms with Gasteiger partial charge in [-0.3, -0.25) is 4.72 Å². The van der Waals surface area contributed by atoms with Gasteiger partial charge in [0.2, 0.25) is 0 Å². The Morgan fingerprint density at radius 3 is 2.14 bits per heavy atom. The van der Waals surface area contributed by atoms with E-state index in [2.05, 4.69) is 4.72 Å². The second-order valence-electron chi connectivity index (χ2n) is 2.65. The summed E-state index contributed by atoms with van der Waals surface area (Å²) in [7, 11) is -3.85. The van der Waals surface area contributed by atoms with Crippen LogP contribution in [0.15, 0.2) is 24.3 Å². The van der Waals surface area contributed by atoms with Gasteiger partial charge in [0.05, 0.1) is 0 Å². The first kappa shape index (κ1) is 11.6. The molecule has 0 saturated heterocycles. The van der Waals surface area contributed by atoms with Gasteiger partial charge in [-0.05, 0) is 22.4 Å². The zero-order chi connectivity index (χ0) is 10.8. The summed E-state index contributed by atoms with van der Waals surface area (Å²) in [6.45, 7) is 1.90. The average Bonchev–Trinajstić information content (AvgIpc) is 2.08. The van der Waals surface area contributed by atoms with E-state index in [1.807, 2.05) is 6.92 Å². The normalized spacial score (nSPS) is 11.7. The summed E-state index contributed by atoms with van der Waals surface area (Å²) < 4.78 is 24.5. The highest BCUT2D eigenvalue weighted by molar-refractivity contribution is 7.92. The Hall–Kier alpha value is -0.490. The molecule has 0 aromatic heterocycles. The first-order valence-corrected chi connectivity index (χ1v) is 5.75. The summed E-state index contributed by atoms with van der Waals surface area (Å²) in [5.41, 5.74) is 1.43. The van der Waals surface area contributed by atoms with E-state index in [0.29, 0.717) is 5.69 Å². The fourth-order valence-electron chi connectivity index (χ4n) is 0.805. The minimum Gasteiger partial charge on any atom is -0.269 e. The molecule has 1 N–H and O–H groups in total. The summed E-state index contributed by atoms with van der Waals surface area (Å²) in [4.78, 5) is 0. The SMILES string of the molecule is Cc1ccc(NS(=O)(=O)N(Cl)Cl)cc1. The van der Waals surface area contributed by atoms with Gasteiger partial charge in [-0.1, -0.05) is 17.7 Å². The maximum Gasteiger partial charge on any atom is 0.329 e. The predicted molar refractivity (Wildman–Crippen MR) is 57.3 cm³/mol. The molecule has 0 aliphatic heterocycles. The number of anilines is 1. The van der Waals surface area contributed by atoms with Crippen LogP contribution in [-0.2, 0) is 10.2 Å². The van der Waals surface area contributed by atoms with Crippen molar-refractivity contribution in [3.8, 4) is 0 Å². The van der Waals surface area contributed by atoms with Crippen LogP contribution in [0.3, 0.4) is 0 Å². The Balaban J connectivity index is 2.85. The van der Waals surface area contributed by atoms with Crippen LogP contribution in [0.4, 0.5) is 5.69 Å². The topological polar surface area (TPSA) is 49.4 Å². The van der Waals surface area contributed by atoms with Crippen LogP contribution in [0.1, 0.15) is 5.56 Å². The van der Waals surface area contributed by atoms with E-state index in [9.17, 15) is 8.42 Å². The fraction of sp³-hybridized carbons (Fsp3) is 0.143. The molecule has 4 nitrogen and oxygen atoms in total. The van der Waals surface area contributed by atoms with Crippen molar-refractivity contribution < 1.29 is 8.42 Å². The number of hydrogen-bond donors (Lipinski definition) is 1. The Bertz CT molecular complexity index is 402. The third kappa shape index (κ3) is 3.02. The maximum absolute atomic E-state index is 11.1. The lowest BCUT2D eigenvalue weighted by molar-refractivity contribution is 0.585. The number of aryl methyl sites for hydroxylation is 1. The second kappa shape index (κ2) is 4.35. The molecule has 78 valence electrons. The van der Waals surface area contributed by atoms with Gasteiger partial charge in [-0.2, -0.15) is 8.42 Å². The molecule has 0 unspecified atom stereocenters. The number of hydrogen-bond acceptors (Lipinski definition) is 2. The van der Waals surface area contributed by atoms with Crippen molar-refractivity contribution in [2.24, 2.45) is 0 Å². The van der Waals surface area contributed by atoms with Crippen molar-refractivity contribution in [1.82, 2.24) is 3.34 Å². The molecule has 0 spiro atoms. The van der Waals surface area contributed by atoms with Crippen LogP contribution < -0.4 is 4.72 Å². The van der Waals surface area contributed by atoms with Gasteiger partial charge in [0, 0.05) is 29.2 Å². The van der Waals surface area contributed by atoms with E-state index in [1.54, 1.807) is 24.3 Å². The van der Waals surface area contributed by atoms with Gasteiger partial charge in [-0.25, -0.2) is 0 Å². The van der Waals surface area contributed by atoms with Crippen LogP contribution in [0.2, 0.25) is 0 Å². The minimum atomic E-state index is -3.85. The van der Waals surface area contributed by atoms with E-state index in [1.165, 1.54) is 0 Å². The molecule has 7 heteroatoms. The van der Waals surface area contributed by atoms with E-state index in [-0.39, 0.29) is 3.34 Å². The van der Waals surface area contributed by atoms with E-state index >= 15 is 0 Å². The molecule has 1 rings (SSSR count). The van der Waals surface area contributed by atoms with Crippen molar-refractivity contribution >= 4 is 39.5 Å². The molecule has 14 heavy (non-hydrogen) atoms. The quantitative estimate of drug-likeness (QED) is 0.842. The van der Waals surface area contributed by atoms with Crippen molar-refractivity contribution in [2.45, 2.75) is 6.92 Å². The van der Waals surface area contributed by atoms with Crippen LogP contribution in [0, 0.1) is 6.92 Å². The molecule has 1 aromatic carbocycles. The molecule has 0 heterocycles. The van der Waals surface area contributed by atoms with Crippen LogP contribution in [0.5, 0.6) is 0 Å². The summed E-state index contributed by atoms with van der Waals surface area (Å²) in [6, 6.07) is 6.77. The van der Waals surface area contributed by atoms with Gasteiger partial charge < -0.3 is 0 Å². The number of halogens is 2. The fourth-order valence-corrected chi connectivity index (χ4v) is 1.52. The molecule has 0 atom stereocenters. The van der Waals surface area contributed by atoms with Crippen molar-refractivity contribution in [1.29, 1.82) is 0 Å². The maximum atomic E-state index is 11.1. The van der Waals surface area contributed by atoms with Crippen LogP contribution >= 0.6 is 23.6 Å². The van der Waals surface area contributed by atoms with Gasteiger partial charge in [-0.15, -0.1) is 0 Å². The van der Waals surface area contributed by atoms with E-state index in [0.717, 1.165) is 5.56 Å². The van der Waals surface area contributed by atoms with Gasteiger partial charge in [0.25, 0.3) is 0 Å². The van der Waals surface area contributed by atoms with Gasteiger partial charge in [0.1, 0.15) is 0 Å². The third-order valence-corrected chi connectivity index (χ3v) is 3.43. The summed E-state index contributed by atoms with van der Waals surface area (Å²) in [5, 5.41) is 0. The van der Waals surface area contributed by atoms with Crippen molar-refractivity contribution in [2.75, 3.05) is 4.72 Å². The van der Waals surface area contributed by atoms with E-state index < -0.39 is 10.2 Å². The number of nitrogens with zero attached hydrogens (tertiary/aromatic N) is 1. The number of benzene rings is 1. The zero-order valence-corrected chi connectivity index (χ0v) is 9.57. The molecule has 1 aromatic rings. The Labute approximate surface area is 92.8 Å². The first-order valence-electron chi connectivity index (χ1n) is 3.63. The Kier molecular flexibility index (Phi) is 3.60. The van der Waals surface area contributed by atoms with Gasteiger partial charge in [0.15, 0.2) is 0 Å². The highest BCUT2D eigenvalue weighted by Gasteiger charge is 2.17. The first-order chi connectivity index (χ1) is 6.42. The second-order valence-corrected chi connectivity index (χ2v) is 5.41. The molecule has 0 amide bonds.